The van der Waals surface area contributed by atoms with Gasteiger partial charge in [0.1, 0.15) is 0 Å². The topological polar surface area (TPSA) is 27.6 Å². The molecule has 1 saturated carbocycles. The lowest BCUT2D eigenvalue weighted by Crippen LogP contribution is -2.44. The van der Waals surface area contributed by atoms with Crippen molar-refractivity contribution in [1.29, 1.82) is 0 Å². The van der Waals surface area contributed by atoms with Crippen LogP contribution in [0.15, 0.2) is 35.3 Å². The van der Waals surface area contributed by atoms with Gasteiger partial charge in [-0.25, -0.2) is 4.99 Å². The Kier molecular flexibility index (Phi) is 6.79. The lowest BCUT2D eigenvalue weighted by atomic mass is 9.70. The summed E-state index contributed by atoms with van der Waals surface area (Å²) in [4.78, 5) is 6.75. The van der Waals surface area contributed by atoms with E-state index in [1.165, 1.54) is 24.8 Å². The van der Waals surface area contributed by atoms with Gasteiger partial charge in [-0.1, -0.05) is 43.7 Å². The van der Waals surface area contributed by atoms with Gasteiger partial charge >= 0.3 is 0 Å². The fraction of sp³-hybridized carbons (Fsp3) is 0.562. The first-order chi connectivity index (χ1) is 9.09. The Morgan fingerprint density at radius 3 is 2.40 bits per heavy atom. The zero-order valence-corrected chi connectivity index (χ0v) is 15.1. The van der Waals surface area contributed by atoms with E-state index in [1.807, 2.05) is 20.2 Å². The van der Waals surface area contributed by atoms with Crippen LogP contribution in [-0.4, -0.2) is 31.5 Å². The van der Waals surface area contributed by atoms with Crippen molar-refractivity contribution in [3.63, 3.8) is 0 Å². The van der Waals surface area contributed by atoms with E-state index < -0.39 is 0 Å². The van der Waals surface area contributed by atoms with Crippen molar-refractivity contribution in [2.24, 2.45) is 10.4 Å². The molecule has 1 aromatic rings. The number of nitrogens with zero attached hydrogens (tertiary/aromatic N) is 2. The van der Waals surface area contributed by atoms with E-state index in [0.29, 0.717) is 5.41 Å². The molecule has 1 aliphatic rings. The lowest BCUT2D eigenvalue weighted by molar-refractivity contribution is 0.164. The number of benzene rings is 1. The number of hydrogen-bond acceptors (Lipinski definition) is 1. The molecule has 0 aliphatic heterocycles. The monoisotopic (exact) mass is 387 g/mol. The highest BCUT2D eigenvalue weighted by atomic mass is 127. The summed E-state index contributed by atoms with van der Waals surface area (Å²) in [5.41, 5.74) is 1.72. The molecule has 0 heterocycles. The average Bonchev–Trinajstić information content (AvgIpc) is 2.37. The number of guanidine groups is 1. The Morgan fingerprint density at radius 2 is 1.90 bits per heavy atom. The summed E-state index contributed by atoms with van der Waals surface area (Å²) in [7, 11) is 4.08. The van der Waals surface area contributed by atoms with Crippen LogP contribution in [0.25, 0.3) is 0 Å². The van der Waals surface area contributed by atoms with E-state index in [0.717, 1.165) is 19.0 Å². The predicted octanol–water partition coefficient (Wildman–Crippen LogP) is 3.50. The van der Waals surface area contributed by atoms with Crippen molar-refractivity contribution in [2.75, 3.05) is 20.6 Å². The Labute approximate surface area is 139 Å². The van der Waals surface area contributed by atoms with Crippen LogP contribution in [-0.2, 0) is 6.54 Å². The number of rotatable bonds is 4. The Hall–Kier alpha value is -0.780. The van der Waals surface area contributed by atoms with E-state index in [4.69, 9.17) is 0 Å². The molecule has 0 spiro atoms. The van der Waals surface area contributed by atoms with E-state index in [-0.39, 0.29) is 24.0 Å². The van der Waals surface area contributed by atoms with Crippen molar-refractivity contribution in [1.82, 2.24) is 10.2 Å². The largest absolute Gasteiger partial charge is 0.356 e. The second-order valence-electron chi connectivity index (χ2n) is 6.04. The molecule has 20 heavy (non-hydrogen) atoms. The molecule has 1 N–H and O–H groups in total. The number of halogens is 1. The van der Waals surface area contributed by atoms with Gasteiger partial charge in [-0.3, -0.25) is 0 Å². The van der Waals surface area contributed by atoms with Gasteiger partial charge in [-0.05, 0) is 23.8 Å². The molecule has 0 saturated heterocycles. The summed E-state index contributed by atoms with van der Waals surface area (Å²) in [6.45, 7) is 4.12. The van der Waals surface area contributed by atoms with Crippen LogP contribution in [0, 0.1) is 5.41 Å². The first kappa shape index (κ1) is 17.3. The van der Waals surface area contributed by atoms with Crippen molar-refractivity contribution in [2.45, 2.75) is 32.7 Å². The van der Waals surface area contributed by atoms with Crippen LogP contribution in [0.4, 0.5) is 0 Å². The van der Waals surface area contributed by atoms with Crippen LogP contribution in [0.1, 0.15) is 31.7 Å². The Balaban J connectivity index is 0.00000200. The van der Waals surface area contributed by atoms with Crippen LogP contribution in [0.2, 0.25) is 0 Å². The van der Waals surface area contributed by atoms with Gasteiger partial charge in [0.05, 0.1) is 6.54 Å². The van der Waals surface area contributed by atoms with Gasteiger partial charge in [0.25, 0.3) is 0 Å². The first-order valence-corrected chi connectivity index (χ1v) is 7.09. The molecule has 112 valence electrons. The van der Waals surface area contributed by atoms with Crippen molar-refractivity contribution >= 4 is 29.9 Å². The fourth-order valence-corrected chi connectivity index (χ4v) is 2.35. The van der Waals surface area contributed by atoms with Crippen LogP contribution < -0.4 is 5.32 Å². The van der Waals surface area contributed by atoms with Crippen molar-refractivity contribution in [3.05, 3.63) is 35.9 Å². The van der Waals surface area contributed by atoms with Gasteiger partial charge < -0.3 is 10.2 Å². The molecule has 1 aromatic carbocycles. The van der Waals surface area contributed by atoms with Crippen LogP contribution in [0.3, 0.4) is 0 Å². The minimum absolute atomic E-state index is 0. The molecular formula is C16H26IN3. The molecule has 0 aromatic heterocycles. The normalized spacial score (nSPS) is 16.9. The maximum atomic E-state index is 4.69. The van der Waals surface area contributed by atoms with Crippen LogP contribution >= 0.6 is 24.0 Å². The molecule has 0 bridgehead atoms. The quantitative estimate of drug-likeness (QED) is 0.487. The average molecular weight is 387 g/mol. The van der Waals surface area contributed by atoms with Gasteiger partial charge in [0.15, 0.2) is 5.96 Å². The summed E-state index contributed by atoms with van der Waals surface area (Å²) in [6.07, 6.45) is 4.04. The SMILES string of the molecule is CN(C)C(=NCc1ccccc1)NCC1(C)CCC1.I. The standard InChI is InChI=1S/C16H25N3.HI/c1-16(10-7-11-16)13-18-15(19(2)3)17-12-14-8-5-4-6-9-14;/h4-6,8-9H,7,10-13H2,1-3H3,(H,17,18);1H. The van der Waals surface area contributed by atoms with Crippen LogP contribution in [0.5, 0.6) is 0 Å². The second kappa shape index (κ2) is 7.86. The van der Waals surface area contributed by atoms with Gasteiger partial charge in [0.2, 0.25) is 0 Å². The van der Waals surface area contributed by atoms with Gasteiger partial charge in [-0.2, -0.15) is 0 Å². The Morgan fingerprint density at radius 1 is 1.25 bits per heavy atom. The van der Waals surface area contributed by atoms with Crippen molar-refractivity contribution in [3.8, 4) is 0 Å². The van der Waals surface area contributed by atoms with Gasteiger partial charge in [-0.15, -0.1) is 24.0 Å². The smallest absolute Gasteiger partial charge is 0.193 e. The van der Waals surface area contributed by atoms with E-state index in [2.05, 4.69) is 46.4 Å². The lowest BCUT2D eigenvalue weighted by Gasteiger charge is -2.39. The zero-order valence-electron chi connectivity index (χ0n) is 12.7. The zero-order chi connectivity index (χ0) is 13.7. The minimum atomic E-state index is 0. The molecule has 0 unspecified atom stereocenters. The molecule has 0 radical (unpaired) electrons. The number of nitrogens with one attached hydrogen (secondary N) is 1. The number of aliphatic imine (C=N–C) groups is 1. The summed E-state index contributed by atoms with van der Waals surface area (Å²) >= 11 is 0. The summed E-state index contributed by atoms with van der Waals surface area (Å²) in [5, 5.41) is 3.51. The van der Waals surface area contributed by atoms with E-state index in [1.54, 1.807) is 0 Å². The Bertz CT molecular complexity index is 425. The maximum Gasteiger partial charge on any atom is 0.193 e. The van der Waals surface area contributed by atoms with Crippen molar-refractivity contribution < 1.29 is 0 Å². The summed E-state index contributed by atoms with van der Waals surface area (Å²) in [6, 6.07) is 10.4. The molecule has 1 aliphatic carbocycles. The molecule has 1 fully saturated rings. The van der Waals surface area contributed by atoms with E-state index in [9.17, 15) is 0 Å². The molecule has 0 atom stereocenters. The highest BCUT2D eigenvalue weighted by molar-refractivity contribution is 14.0. The summed E-state index contributed by atoms with van der Waals surface area (Å²) in [5.74, 6) is 0.983. The summed E-state index contributed by atoms with van der Waals surface area (Å²) < 4.78 is 0. The molecular weight excluding hydrogens is 361 g/mol. The highest BCUT2D eigenvalue weighted by Gasteiger charge is 2.31. The first-order valence-electron chi connectivity index (χ1n) is 7.09. The molecule has 3 nitrogen and oxygen atoms in total. The van der Waals surface area contributed by atoms with Gasteiger partial charge in [0, 0.05) is 20.6 Å². The highest BCUT2D eigenvalue weighted by Crippen LogP contribution is 2.39. The fourth-order valence-electron chi connectivity index (χ4n) is 2.35. The molecule has 0 amide bonds. The second-order valence-corrected chi connectivity index (χ2v) is 6.04. The minimum Gasteiger partial charge on any atom is -0.356 e. The predicted molar refractivity (Wildman–Crippen MR) is 96.6 cm³/mol. The molecule has 4 heteroatoms. The molecule has 2 rings (SSSR count). The third kappa shape index (κ3) is 4.96. The maximum absolute atomic E-state index is 4.69. The third-order valence-corrected chi connectivity index (χ3v) is 3.91. The third-order valence-electron chi connectivity index (χ3n) is 3.91. The van der Waals surface area contributed by atoms with E-state index >= 15 is 0 Å². The number of hydrogen-bond donors (Lipinski definition) is 1.